The first-order chi connectivity index (χ1) is 28.5. The second kappa shape index (κ2) is 20.0. The maximum absolute atomic E-state index is 13.6. The van der Waals surface area contributed by atoms with Crippen LogP contribution in [0.15, 0.2) is 74.5 Å². The summed E-state index contributed by atoms with van der Waals surface area (Å²) in [5, 5.41) is 13.0. The van der Waals surface area contributed by atoms with Crippen LogP contribution in [-0.4, -0.2) is 38.6 Å². The number of nitrogens with one attached hydrogen (secondary N) is 2. The molecule has 4 aromatic carbocycles. The van der Waals surface area contributed by atoms with Crippen LogP contribution in [-0.2, 0) is 40.5 Å². The number of fused-ring (bicyclic) bond motifs is 3. The molecule has 1 heterocycles. The number of hydrogen-bond donors (Lipinski definition) is 3. The van der Waals surface area contributed by atoms with Gasteiger partial charge in [0.25, 0.3) is 15.9 Å². The Hall–Kier alpha value is -3.40. The van der Waals surface area contributed by atoms with E-state index in [2.05, 4.69) is 76.6 Å². The first kappa shape index (κ1) is 43.7. The number of benzene rings is 4. The standard InChI is InChI=1S/C46H50Br2IN3O6S/c47-40-26-30(27-41(48)44(40)53)25-39-38-29-33(49)17-22-42(38)52(45(39)54)23-9-7-5-3-1-2-4-6-8-10-24-58-34-18-20-35(21-19-34)59(56,57)51-46(55)50-43-36-15-11-13-31(36)28-32-14-12-16-37(32)43/h17-22,25-29,53H,1-16,23-24H2,(H2,50,51,55)/b39-25+. The van der Waals surface area contributed by atoms with E-state index in [1.54, 1.807) is 12.1 Å². The van der Waals surface area contributed by atoms with Gasteiger partial charge in [-0.15, -0.1) is 0 Å². The van der Waals surface area contributed by atoms with Crippen LogP contribution in [0.3, 0.4) is 0 Å². The predicted octanol–water partition coefficient (Wildman–Crippen LogP) is 11.9. The topological polar surface area (TPSA) is 125 Å². The van der Waals surface area contributed by atoms with Crippen molar-refractivity contribution in [3.8, 4) is 11.5 Å². The van der Waals surface area contributed by atoms with Crippen molar-refractivity contribution >= 4 is 99.4 Å². The van der Waals surface area contributed by atoms with E-state index in [0.717, 1.165) is 114 Å². The third-order valence-electron chi connectivity index (χ3n) is 11.5. The van der Waals surface area contributed by atoms with Gasteiger partial charge < -0.3 is 20.1 Å². The van der Waals surface area contributed by atoms with E-state index in [-0.39, 0.29) is 16.6 Å². The van der Waals surface area contributed by atoms with Crippen LogP contribution in [0.25, 0.3) is 11.6 Å². The number of sulfonamides is 1. The number of aryl methyl sites for hydroxylation is 2. The molecule has 0 atom stereocenters. The Labute approximate surface area is 378 Å². The Morgan fingerprint density at radius 1 is 0.797 bits per heavy atom. The van der Waals surface area contributed by atoms with Gasteiger partial charge in [-0.25, -0.2) is 17.9 Å². The second-order valence-electron chi connectivity index (χ2n) is 15.7. The van der Waals surface area contributed by atoms with Crippen molar-refractivity contribution < 1.29 is 27.9 Å². The molecule has 1 aliphatic heterocycles. The van der Waals surface area contributed by atoms with Gasteiger partial charge in [0, 0.05) is 26.9 Å². The van der Waals surface area contributed by atoms with E-state index >= 15 is 0 Å². The van der Waals surface area contributed by atoms with Crippen molar-refractivity contribution in [1.82, 2.24) is 4.72 Å². The first-order valence-electron chi connectivity index (χ1n) is 20.7. The summed E-state index contributed by atoms with van der Waals surface area (Å²) in [4.78, 5) is 28.5. The highest BCUT2D eigenvalue weighted by Gasteiger charge is 2.32. The Morgan fingerprint density at radius 3 is 2.02 bits per heavy atom. The number of unbranched alkanes of at least 4 members (excludes halogenated alkanes) is 9. The van der Waals surface area contributed by atoms with E-state index in [9.17, 15) is 23.1 Å². The molecule has 0 aromatic heterocycles. The normalized spacial score (nSPS) is 15.1. The van der Waals surface area contributed by atoms with Crippen LogP contribution in [0, 0.1) is 3.57 Å². The fourth-order valence-electron chi connectivity index (χ4n) is 8.50. The van der Waals surface area contributed by atoms with Crippen LogP contribution in [0.1, 0.15) is 110 Å². The smallest absolute Gasteiger partial charge is 0.333 e. The van der Waals surface area contributed by atoms with Crippen molar-refractivity contribution in [3.63, 3.8) is 0 Å². The van der Waals surface area contributed by atoms with Crippen LogP contribution in [0.4, 0.5) is 16.2 Å². The molecule has 9 nitrogen and oxygen atoms in total. The Bertz CT molecular complexity index is 2300. The first-order valence-corrected chi connectivity index (χ1v) is 24.9. The summed E-state index contributed by atoms with van der Waals surface area (Å²) in [6, 6.07) is 17.5. The second-order valence-corrected chi connectivity index (χ2v) is 20.3. The molecule has 7 rings (SSSR count). The quantitative estimate of drug-likeness (QED) is 0.0518. The maximum atomic E-state index is 13.6. The maximum Gasteiger partial charge on any atom is 0.333 e. The molecule has 3 N–H and O–H groups in total. The van der Waals surface area contributed by atoms with Gasteiger partial charge >= 0.3 is 6.03 Å². The molecule has 0 unspecified atom stereocenters. The van der Waals surface area contributed by atoms with E-state index in [1.165, 1.54) is 48.9 Å². The summed E-state index contributed by atoms with van der Waals surface area (Å²) in [6.45, 7) is 1.25. The fraction of sp³-hybridized carbons (Fsp3) is 0.391. The molecule has 3 aliphatic rings. The Morgan fingerprint density at radius 2 is 1.39 bits per heavy atom. The largest absolute Gasteiger partial charge is 0.506 e. The number of phenolic OH excluding ortho intramolecular Hbond substituents is 1. The van der Waals surface area contributed by atoms with Crippen molar-refractivity contribution in [2.45, 2.75) is 108 Å². The van der Waals surface area contributed by atoms with Gasteiger partial charge in [-0.2, -0.15) is 0 Å². The zero-order valence-corrected chi connectivity index (χ0v) is 39.2. The van der Waals surface area contributed by atoms with Gasteiger partial charge in [-0.1, -0.05) is 57.4 Å². The van der Waals surface area contributed by atoms with E-state index < -0.39 is 16.1 Å². The summed E-state index contributed by atoms with van der Waals surface area (Å²) in [6.07, 6.45) is 18.9. The highest BCUT2D eigenvalue weighted by atomic mass is 127. The number of phenols is 1. The number of nitrogens with zero attached hydrogens (tertiary/aromatic N) is 1. The number of halogens is 3. The van der Waals surface area contributed by atoms with Gasteiger partial charge in [0.1, 0.15) is 11.5 Å². The molecule has 0 spiro atoms. The van der Waals surface area contributed by atoms with Crippen molar-refractivity contribution in [3.05, 3.63) is 107 Å². The minimum Gasteiger partial charge on any atom is -0.506 e. The molecule has 0 saturated carbocycles. The highest BCUT2D eigenvalue weighted by Crippen LogP contribution is 2.41. The van der Waals surface area contributed by atoms with Crippen LogP contribution >= 0.6 is 54.5 Å². The Balaban J connectivity index is 0.752. The molecule has 59 heavy (non-hydrogen) atoms. The van der Waals surface area contributed by atoms with Gasteiger partial charge in [0.05, 0.1) is 26.1 Å². The van der Waals surface area contributed by atoms with Crippen molar-refractivity contribution in [2.24, 2.45) is 0 Å². The average Bonchev–Trinajstić information content (AvgIpc) is 3.94. The minimum absolute atomic E-state index is 0.0137. The van der Waals surface area contributed by atoms with E-state index in [0.29, 0.717) is 33.4 Å². The number of hydrogen-bond acceptors (Lipinski definition) is 6. The fourth-order valence-corrected chi connectivity index (χ4v) is 11.1. The number of amides is 3. The molecule has 0 fully saturated rings. The molecule has 4 aromatic rings. The lowest BCUT2D eigenvalue weighted by atomic mass is 9.99. The molecule has 0 saturated heterocycles. The van der Waals surface area contributed by atoms with Crippen LogP contribution in [0.5, 0.6) is 11.5 Å². The summed E-state index contributed by atoms with van der Waals surface area (Å²) in [5.41, 5.74) is 9.05. The molecule has 0 radical (unpaired) electrons. The summed E-state index contributed by atoms with van der Waals surface area (Å²) >= 11 is 9.08. The van der Waals surface area contributed by atoms with E-state index in [1.807, 2.05) is 35.2 Å². The van der Waals surface area contributed by atoms with Crippen LogP contribution in [0.2, 0.25) is 0 Å². The molecule has 312 valence electrons. The monoisotopic (exact) mass is 1060 g/mol. The summed E-state index contributed by atoms with van der Waals surface area (Å²) in [5.74, 6) is 0.748. The lowest BCUT2D eigenvalue weighted by Crippen LogP contribution is -2.35. The number of rotatable bonds is 18. The number of carbonyl (C=O) groups is 2. The van der Waals surface area contributed by atoms with Gasteiger partial charge in [-0.3, -0.25) is 4.79 Å². The highest BCUT2D eigenvalue weighted by molar-refractivity contribution is 14.1. The average molecular weight is 1060 g/mol. The van der Waals surface area contributed by atoms with Crippen LogP contribution < -0.4 is 19.7 Å². The minimum atomic E-state index is -4.04. The molecule has 0 bridgehead atoms. The van der Waals surface area contributed by atoms with Gasteiger partial charge in [0.15, 0.2) is 0 Å². The zero-order chi connectivity index (χ0) is 41.5. The zero-order valence-electron chi connectivity index (χ0n) is 33.1. The molecule has 13 heteroatoms. The molecular weight excluding hydrogens is 1010 g/mol. The third-order valence-corrected chi connectivity index (χ3v) is 14.7. The van der Waals surface area contributed by atoms with Crippen molar-refractivity contribution in [2.75, 3.05) is 23.4 Å². The number of anilines is 2. The SMILES string of the molecule is O=C(Nc1c2c(cc3c1CCC3)CCC2)NS(=O)(=O)c1ccc(OCCCCCCCCCCCCN2C(=O)/C(=C/c3cc(Br)c(O)c(Br)c3)c3cc(I)ccc32)cc1. The van der Waals surface area contributed by atoms with Gasteiger partial charge in [-0.05, 0) is 194 Å². The number of urea groups is 1. The molecule has 3 amide bonds. The Kier molecular flexibility index (Phi) is 14.8. The lowest BCUT2D eigenvalue weighted by molar-refractivity contribution is -0.113. The van der Waals surface area contributed by atoms with E-state index in [4.69, 9.17) is 4.74 Å². The lowest BCUT2D eigenvalue weighted by Gasteiger charge is -2.17. The molecular formula is C46H50Br2IN3O6S. The number of aromatic hydroxyl groups is 1. The predicted molar refractivity (Wildman–Crippen MR) is 251 cm³/mol. The van der Waals surface area contributed by atoms with Gasteiger partial charge in [0.2, 0.25) is 0 Å². The number of ether oxygens (including phenoxy) is 1. The summed E-state index contributed by atoms with van der Waals surface area (Å²) in [7, 11) is -4.04. The molecule has 2 aliphatic carbocycles. The third kappa shape index (κ3) is 10.7. The summed E-state index contributed by atoms with van der Waals surface area (Å²) < 4.78 is 36.4. The number of carbonyl (C=O) groups excluding carboxylic acids is 2. The van der Waals surface area contributed by atoms with Crippen molar-refractivity contribution in [1.29, 1.82) is 0 Å².